The summed E-state index contributed by atoms with van der Waals surface area (Å²) in [5.74, 6) is 1.43. The number of aliphatic hydroxyl groups is 1. The lowest BCUT2D eigenvalue weighted by Crippen LogP contribution is -2.28. The Labute approximate surface area is 64.1 Å². The van der Waals surface area contributed by atoms with Gasteiger partial charge in [-0.1, -0.05) is 0 Å². The maximum atomic E-state index is 8.73. The first-order chi connectivity index (χ1) is 5.40. The van der Waals surface area contributed by atoms with Gasteiger partial charge in [0.1, 0.15) is 12.4 Å². The fourth-order valence-electron chi connectivity index (χ4n) is 1.19. The Morgan fingerprint density at radius 1 is 1.64 bits per heavy atom. The Hall–Kier alpha value is -0.940. The van der Waals surface area contributed by atoms with E-state index >= 15 is 0 Å². The van der Waals surface area contributed by atoms with Gasteiger partial charge in [0, 0.05) is 6.54 Å². The van der Waals surface area contributed by atoms with Crippen LogP contribution in [0.15, 0.2) is 0 Å². The molecule has 0 unspecified atom stereocenters. The average molecular weight is 154 g/mol. The van der Waals surface area contributed by atoms with Gasteiger partial charge in [-0.05, 0) is 0 Å². The summed E-state index contributed by atoms with van der Waals surface area (Å²) in [6.07, 6.45) is 0. The minimum atomic E-state index is -0.0694. The second-order valence-electron chi connectivity index (χ2n) is 2.50. The molecule has 2 N–H and O–H groups in total. The summed E-state index contributed by atoms with van der Waals surface area (Å²) in [6.45, 7) is 2.47. The second-order valence-corrected chi connectivity index (χ2v) is 2.50. The van der Waals surface area contributed by atoms with Gasteiger partial charge in [-0.2, -0.15) is 5.10 Å². The van der Waals surface area contributed by atoms with Crippen molar-refractivity contribution in [2.45, 2.75) is 19.7 Å². The van der Waals surface area contributed by atoms with Gasteiger partial charge in [0.05, 0.1) is 13.1 Å². The molecule has 0 radical (unpaired) electrons. The predicted molar refractivity (Wildman–Crippen MR) is 37.7 cm³/mol. The van der Waals surface area contributed by atoms with Crippen LogP contribution in [0.25, 0.3) is 0 Å². The molecule has 0 spiro atoms. The number of hydrogen-bond donors (Lipinski definition) is 2. The Balaban J connectivity index is 2.32. The third kappa shape index (κ3) is 1.12. The maximum Gasteiger partial charge on any atom is 0.176 e. The third-order valence-corrected chi connectivity index (χ3v) is 1.72. The quantitative estimate of drug-likeness (QED) is 0.537. The molecule has 0 saturated heterocycles. The van der Waals surface area contributed by atoms with Crippen LogP contribution in [0.2, 0.25) is 0 Å². The lowest BCUT2D eigenvalue weighted by molar-refractivity contribution is 0.270. The smallest absolute Gasteiger partial charge is 0.176 e. The summed E-state index contributed by atoms with van der Waals surface area (Å²) in [5.41, 5.74) is 0. The standard InChI is InChI=1S/C6H10N4O/c11-4-5-8-6-3-7-1-2-10(6)9-5/h7,11H,1-4H2. The van der Waals surface area contributed by atoms with Crippen molar-refractivity contribution in [3.63, 3.8) is 0 Å². The van der Waals surface area contributed by atoms with Gasteiger partial charge >= 0.3 is 0 Å². The van der Waals surface area contributed by atoms with Crippen molar-refractivity contribution in [1.82, 2.24) is 20.1 Å². The number of nitrogens with one attached hydrogen (secondary N) is 1. The van der Waals surface area contributed by atoms with E-state index in [-0.39, 0.29) is 6.61 Å². The van der Waals surface area contributed by atoms with Crippen molar-refractivity contribution in [1.29, 1.82) is 0 Å². The summed E-state index contributed by atoms with van der Waals surface area (Å²) in [4.78, 5) is 4.11. The highest BCUT2D eigenvalue weighted by atomic mass is 16.3. The number of rotatable bonds is 1. The van der Waals surface area contributed by atoms with Crippen LogP contribution in [0.3, 0.4) is 0 Å². The Bertz CT molecular complexity index is 234. The molecule has 0 aliphatic carbocycles. The van der Waals surface area contributed by atoms with Gasteiger partial charge in [-0.3, -0.25) is 0 Å². The predicted octanol–water partition coefficient (Wildman–Crippen LogP) is -1.13. The minimum absolute atomic E-state index is 0.0694. The van der Waals surface area contributed by atoms with Gasteiger partial charge < -0.3 is 10.4 Å². The lowest BCUT2D eigenvalue weighted by Gasteiger charge is -2.11. The van der Waals surface area contributed by atoms with Gasteiger partial charge in [-0.25, -0.2) is 9.67 Å². The van der Waals surface area contributed by atoms with E-state index in [2.05, 4.69) is 15.4 Å². The van der Waals surface area contributed by atoms with Crippen LogP contribution in [0.5, 0.6) is 0 Å². The van der Waals surface area contributed by atoms with Crippen molar-refractivity contribution >= 4 is 0 Å². The first kappa shape index (κ1) is 6.75. The number of aliphatic hydroxyl groups excluding tert-OH is 1. The fraction of sp³-hybridized carbons (Fsp3) is 0.667. The van der Waals surface area contributed by atoms with Crippen molar-refractivity contribution < 1.29 is 5.11 Å². The van der Waals surface area contributed by atoms with E-state index in [1.807, 2.05) is 4.68 Å². The molecular weight excluding hydrogens is 144 g/mol. The zero-order valence-corrected chi connectivity index (χ0v) is 6.12. The highest BCUT2D eigenvalue weighted by Gasteiger charge is 2.11. The van der Waals surface area contributed by atoms with E-state index < -0.39 is 0 Å². The summed E-state index contributed by atoms with van der Waals surface area (Å²) in [6, 6.07) is 0. The van der Waals surface area contributed by atoms with Crippen LogP contribution in [0, 0.1) is 0 Å². The van der Waals surface area contributed by atoms with Crippen LogP contribution in [-0.4, -0.2) is 26.4 Å². The number of nitrogens with zero attached hydrogens (tertiary/aromatic N) is 3. The largest absolute Gasteiger partial charge is 0.388 e. The van der Waals surface area contributed by atoms with Crippen LogP contribution in [-0.2, 0) is 19.7 Å². The Morgan fingerprint density at radius 2 is 2.55 bits per heavy atom. The van der Waals surface area contributed by atoms with Crippen LogP contribution >= 0.6 is 0 Å². The minimum Gasteiger partial charge on any atom is -0.388 e. The molecule has 2 heterocycles. The van der Waals surface area contributed by atoms with E-state index in [0.717, 1.165) is 25.5 Å². The molecule has 1 aliphatic rings. The molecule has 0 saturated carbocycles. The molecule has 0 bridgehead atoms. The van der Waals surface area contributed by atoms with Crippen LogP contribution < -0.4 is 5.32 Å². The van der Waals surface area contributed by atoms with E-state index in [1.165, 1.54) is 0 Å². The molecule has 0 fully saturated rings. The SMILES string of the molecule is OCc1nc2n(n1)CCNC2. The number of hydrogen-bond acceptors (Lipinski definition) is 4. The number of aromatic nitrogens is 3. The second kappa shape index (κ2) is 2.60. The topological polar surface area (TPSA) is 63.0 Å². The van der Waals surface area contributed by atoms with Crippen LogP contribution in [0.4, 0.5) is 0 Å². The van der Waals surface area contributed by atoms with E-state index in [9.17, 15) is 0 Å². The Morgan fingerprint density at radius 3 is 3.27 bits per heavy atom. The van der Waals surface area contributed by atoms with Gasteiger partial charge in [0.2, 0.25) is 0 Å². The monoisotopic (exact) mass is 154 g/mol. The van der Waals surface area contributed by atoms with Gasteiger partial charge in [-0.15, -0.1) is 0 Å². The van der Waals surface area contributed by atoms with Crippen LogP contribution in [0.1, 0.15) is 11.6 Å². The highest BCUT2D eigenvalue weighted by Crippen LogP contribution is 2.01. The van der Waals surface area contributed by atoms with Gasteiger partial charge in [0.25, 0.3) is 0 Å². The van der Waals surface area contributed by atoms with Crippen molar-refractivity contribution in [3.8, 4) is 0 Å². The van der Waals surface area contributed by atoms with Crippen molar-refractivity contribution in [2.24, 2.45) is 0 Å². The average Bonchev–Trinajstić information content (AvgIpc) is 2.46. The fourth-order valence-corrected chi connectivity index (χ4v) is 1.19. The maximum absolute atomic E-state index is 8.73. The molecule has 1 aliphatic heterocycles. The molecule has 0 aromatic carbocycles. The first-order valence-electron chi connectivity index (χ1n) is 3.64. The van der Waals surface area contributed by atoms with E-state index in [0.29, 0.717) is 5.82 Å². The molecule has 1 aromatic rings. The number of fused-ring (bicyclic) bond motifs is 1. The zero-order valence-electron chi connectivity index (χ0n) is 6.12. The molecular formula is C6H10N4O. The molecule has 5 heteroatoms. The van der Waals surface area contributed by atoms with E-state index in [4.69, 9.17) is 5.11 Å². The lowest BCUT2D eigenvalue weighted by atomic mass is 10.4. The Kier molecular flexibility index (Phi) is 1.59. The summed E-state index contributed by atoms with van der Waals surface area (Å²) >= 11 is 0. The van der Waals surface area contributed by atoms with Gasteiger partial charge in [0.15, 0.2) is 5.82 Å². The molecule has 5 nitrogen and oxygen atoms in total. The molecule has 0 amide bonds. The van der Waals surface area contributed by atoms with E-state index in [1.54, 1.807) is 0 Å². The summed E-state index contributed by atoms with van der Waals surface area (Å²) in [5, 5.41) is 16.0. The molecule has 0 atom stereocenters. The highest BCUT2D eigenvalue weighted by molar-refractivity contribution is 4.93. The molecule has 60 valence electrons. The van der Waals surface area contributed by atoms with Crippen molar-refractivity contribution in [3.05, 3.63) is 11.6 Å². The molecule has 11 heavy (non-hydrogen) atoms. The normalized spacial score (nSPS) is 16.5. The first-order valence-corrected chi connectivity index (χ1v) is 3.64. The van der Waals surface area contributed by atoms with Crippen molar-refractivity contribution in [2.75, 3.05) is 6.54 Å². The molecule has 1 aromatic heterocycles. The zero-order chi connectivity index (χ0) is 7.68. The molecule has 2 rings (SSSR count). The summed E-state index contributed by atoms with van der Waals surface area (Å²) in [7, 11) is 0. The third-order valence-electron chi connectivity index (χ3n) is 1.72. The summed E-state index contributed by atoms with van der Waals surface area (Å²) < 4.78 is 1.84.